The smallest absolute Gasteiger partial charge is 0.248 e. The van der Waals surface area contributed by atoms with Crippen LogP contribution in [0.5, 0.6) is 0 Å². The van der Waals surface area contributed by atoms with Gasteiger partial charge in [-0.1, -0.05) is 37.3 Å². The zero-order chi connectivity index (χ0) is 12.4. The van der Waals surface area contributed by atoms with E-state index in [0.717, 1.165) is 5.56 Å². The van der Waals surface area contributed by atoms with Crippen LogP contribution < -0.4 is 5.32 Å². The minimum Gasteiger partial charge on any atom is -0.342 e. The van der Waals surface area contributed by atoms with E-state index in [2.05, 4.69) is 5.32 Å². The molecule has 5 nitrogen and oxygen atoms in total. The number of nitro groups is 1. The predicted molar refractivity (Wildman–Crippen MR) is 61.9 cm³/mol. The van der Waals surface area contributed by atoms with Crippen LogP contribution in [0.25, 0.3) is 0 Å². The van der Waals surface area contributed by atoms with E-state index in [0.29, 0.717) is 6.42 Å². The van der Waals surface area contributed by atoms with E-state index in [1.165, 1.54) is 0 Å². The number of nitrogens with one attached hydrogen (secondary N) is 1. The highest BCUT2D eigenvalue weighted by Crippen LogP contribution is 2.32. The van der Waals surface area contributed by atoms with Gasteiger partial charge in [0.2, 0.25) is 11.9 Å². The molecular formula is C12H14N2O3. The first-order valence-corrected chi connectivity index (χ1v) is 5.64. The van der Waals surface area contributed by atoms with Gasteiger partial charge in [0.15, 0.2) is 0 Å². The van der Waals surface area contributed by atoms with Gasteiger partial charge in [-0.3, -0.25) is 14.9 Å². The highest BCUT2D eigenvalue weighted by Gasteiger charge is 2.49. The molecular weight excluding hydrogens is 220 g/mol. The van der Waals surface area contributed by atoms with Crippen molar-refractivity contribution < 1.29 is 9.72 Å². The Kier molecular flexibility index (Phi) is 3.08. The van der Waals surface area contributed by atoms with Gasteiger partial charge in [-0.15, -0.1) is 0 Å². The maximum absolute atomic E-state index is 11.7. The molecule has 1 heterocycles. The lowest BCUT2D eigenvalue weighted by Crippen LogP contribution is -2.31. The summed E-state index contributed by atoms with van der Waals surface area (Å²) in [6.07, 6.45) is 0.487. The second-order valence-electron chi connectivity index (χ2n) is 4.19. The summed E-state index contributed by atoms with van der Waals surface area (Å²) in [5.74, 6) is -0.752. The molecule has 5 heteroatoms. The van der Waals surface area contributed by atoms with Gasteiger partial charge < -0.3 is 5.32 Å². The Morgan fingerprint density at radius 1 is 1.35 bits per heavy atom. The molecule has 17 heavy (non-hydrogen) atoms. The Labute approximate surface area is 99.0 Å². The maximum Gasteiger partial charge on any atom is 0.248 e. The molecule has 1 aromatic rings. The summed E-state index contributed by atoms with van der Waals surface area (Å²) in [6, 6.07) is 7.71. The Hall–Kier alpha value is -1.91. The van der Waals surface area contributed by atoms with Crippen molar-refractivity contribution in [1.29, 1.82) is 0 Å². The van der Waals surface area contributed by atoms with Gasteiger partial charge in [0.1, 0.15) is 12.0 Å². The highest BCUT2D eigenvalue weighted by molar-refractivity contribution is 5.82. The molecule has 1 amide bonds. The van der Waals surface area contributed by atoms with E-state index < -0.39 is 18.0 Å². The van der Waals surface area contributed by atoms with Crippen molar-refractivity contribution in [3.8, 4) is 0 Å². The summed E-state index contributed by atoms with van der Waals surface area (Å²) >= 11 is 0. The summed E-state index contributed by atoms with van der Waals surface area (Å²) in [7, 11) is 0. The van der Waals surface area contributed by atoms with Crippen LogP contribution in [0.15, 0.2) is 30.3 Å². The first-order chi connectivity index (χ1) is 8.15. The molecule has 0 bridgehead atoms. The van der Waals surface area contributed by atoms with Crippen LogP contribution in [0.1, 0.15) is 24.9 Å². The SMILES string of the molecule is CC[C@@H]1C(=O)N[C@H](c2ccccc2)[C@H]1[N+](=O)[O-]. The molecule has 0 radical (unpaired) electrons. The van der Waals surface area contributed by atoms with Gasteiger partial charge in [-0.2, -0.15) is 0 Å². The van der Waals surface area contributed by atoms with Crippen LogP contribution in [-0.2, 0) is 4.79 Å². The van der Waals surface area contributed by atoms with Crippen molar-refractivity contribution in [2.45, 2.75) is 25.4 Å². The molecule has 0 unspecified atom stereocenters. The number of amides is 1. The molecule has 1 saturated heterocycles. The van der Waals surface area contributed by atoms with Crippen molar-refractivity contribution in [2.75, 3.05) is 0 Å². The average molecular weight is 234 g/mol. The molecule has 2 rings (SSSR count). The molecule has 0 saturated carbocycles. The standard InChI is InChI=1S/C12H14N2O3/c1-2-9-11(14(16)17)10(13-12(9)15)8-6-4-3-5-7-8/h3-7,9-11H,2H2,1H3,(H,13,15)/t9-,10+,11-/m0/s1. The van der Waals surface area contributed by atoms with E-state index in [4.69, 9.17) is 0 Å². The molecule has 0 spiro atoms. The minimum absolute atomic E-state index is 0.219. The van der Waals surface area contributed by atoms with E-state index in [1.54, 1.807) is 19.1 Å². The van der Waals surface area contributed by atoms with E-state index in [9.17, 15) is 14.9 Å². The maximum atomic E-state index is 11.7. The second-order valence-corrected chi connectivity index (χ2v) is 4.19. The fraction of sp³-hybridized carbons (Fsp3) is 0.417. The Morgan fingerprint density at radius 2 is 2.00 bits per heavy atom. The van der Waals surface area contributed by atoms with E-state index in [1.807, 2.05) is 18.2 Å². The van der Waals surface area contributed by atoms with Crippen LogP contribution >= 0.6 is 0 Å². The van der Waals surface area contributed by atoms with Crippen LogP contribution in [0, 0.1) is 16.0 Å². The number of carbonyl (C=O) groups is 1. The lowest BCUT2D eigenvalue weighted by Gasteiger charge is -2.14. The molecule has 0 aromatic heterocycles. The van der Waals surface area contributed by atoms with Crippen molar-refractivity contribution in [2.24, 2.45) is 5.92 Å². The fourth-order valence-corrected chi connectivity index (χ4v) is 2.37. The first-order valence-electron chi connectivity index (χ1n) is 5.64. The van der Waals surface area contributed by atoms with E-state index in [-0.39, 0.29) is 10.8 Å². The third-order valence-electron chi connectivity index (χ3n) is 3.23. The fourth-order valence-electron chi connectivity index (χ4n) is 2.37. The summed E-state index contributed by atoms with van der Waals surface area (Å²) in [4.78, 5) is 22.5. The number of nitrogens with zero attached hydrogens (tertiary/aromatic N) is 1. The van der Waals surface area contributed by atoms with Crippen LogP contribution in [0.4, 0.5) is 0 Å². The van der Waals surface area contributed by atoms with Crippen LogP contribution in [-0.4, -0.2) is 16.9 Å². The van der Waals surface area contributed by atoms with Crippen molar-refractivity contribution >= 4 is 5.91 Å². The minimum atomic E-state index is -0.866. The van der Waals surface area contributed by atoms with Gasteiger partial charge in [0.05, 0.1) is 0 Å². The quantitative estimate of drug-likeness (QED) is 0.636. The number of hydrogen-bond donors (Lipinski definition) is 1. The molecule has 1 aliphatic heterocycles. The van der Waals surface area contributed by atoms with Gasteiger partial charge in [0.25, 0.3) is 0 Å². The van der Waals surface area contributed by atoms with Gasteiger partial charge in [-0.05, 0) is 12.0 Å². The van der Waals surface area contributed by atoms with Crippen molar-refractivity contribution in [3.05, 3.63) is 46.0 Å². The summed E-state index contributed by atoms with van der Waals surface area (Å²) < 4.78 is 0. The normalized spacial score (nSPS) is 27.8. The average Bonchev–Trinajstić information content (AvgIpc) is 2.67. The molecule has 1 fully saturated rings. The van der Waals surface area contributed by atoms with Gasteiger partial charge in [-0.25, -0.2) is 0 Å². The topological polar surface area (TPSA) is 72.2 Å². The first kappa shape index (κ1) is 11.6. The highest BCUT2D eigenvalue weighted by atomic mass is 16.6. The van der Waals surface area contributed by atoms with Gasteiger partial charge in [0, 0.05) is 4.92 Å². The van der Waals surface area contributed by atoms with Crippen molar-refractivity contribution in [3.63, 3.8) is 0 Å². The largest absolute Gasteiger partial charge is 0.342 e. The molecule has 3 atom stereocenters. The third kappa shape index (κ3) is 2.00. The number of rotatable bonds is 3. The number of carbonyl (C=O) groups excluding carboxylic acids is 1. The summed E-state index contributed by atoms with van der Waals surface area (Å²) in [5.41, 5.74) is 0.790. The predicted octanol–water partition coefficient (Wildman–Crippen LogP) is 1.53. The molecule has 90 valence electrons. The second kappa shape index (κ2) is 4.53. The molecule has 1 aliphatic rings. The van der Waals surface area contributed by atoms with E-state index >= 15 is 0 Å². The van der Waals surface area contributed by atoms with Crippen LogP contribution in [0.2, 0.25) is 0 Å². The Balaban J connectivity index is 2.35. The van der Waals surface area contributed by atoms with Crippen molar-refractivity contribution in [1.82, 2.24) is 5.32 Å². The lowest BCUT2D eigenvalue weighted by molar-refractivity contribution is -0.531. The molecule has 1 aromatic carbocycles. The summed E-state index contributed by atoms with van der Waals surface area (Å²) in [5, 5.41) is 13.8. The zero-order valence-electron chi connectivity index (χ0n) is 9.50. The lowest BCUT2D eigenvalue weighted by atomic mass is 9.92. The van der Waals surface area contributed by atoms with Gasteiger partial charge >= 0.3 is 0 Å². The number of hydrogen-bond acceptors (Lipinski definition) is 3. The zero-order valence-corrected chi connectivity index (χ0v) is 9.50. The summed E-state index contributed by atoms with van der Waals surface area (Å²) in [6.45, 7) is 1.80. The monoisotopic (exact) mass is 234 g/mol. The molecule has 1 N–H and O–H groups in total. The van der Waals surface area contributed by atoms with Crippen LogP contribution in [0.3, 0.4) is 0 Å². The number of benzene rings is 1. The Bertz CT molecular complexity index is 433. The Morgan fingerprint density at radius 3 is 2.53 bits per heavy atom. The third-order valence-corrected chi connectivity index (χ3v) is 3.23. The molecule has 0 aliphatic carbocycles.